The largest absolute Gasteiger partial charge is 0.435 e. The molecule has 0 radical (unpaired) electrons. The Kier molecular flexibility index (Phi) is 4.36. The Morgan fingerprint density at radius 1 is 1.17 bits per heavy atom. The first-order valence-corrected chi connectivity index (χ1v) is 6.14. The second-order valence-corrected chi connectivity index (χ2v) is 4.51. The Hall–Kier alpha value is -1.36. The highest BCUT2D eigenvalue weighted by atomic mass is 19.3. The molecule has 1 aromatic rings. The van der Waals surface area contributed by atoms with Gasteiger partial charge in [0.2, 0.25) is 0 Å². The molecule has 0 spiro atoms. The van der Waals surface area contributed by atoms with E-state index in [0.717, 1.165) is 31.4 Å². The van der Waals surface area contributed by atoms with Gasteiger partial charge in [0, 0.05) is 5.69 Å². The van der Waals surface area contributed by atoms with Crippen LogP contribution in [0.4, 0.5) is 14.5 Å². The Balaban J connectivity index is 1.93. The average Bonchev–Trinajstić information content (AvgIpc) is 2.34. The van der Waals surface area contributed by atoms with Crippen molar-refractivity contribution in [3.05, 3.63) is 24.3 Å². The summed E-state index contributed by atoms with van der Waals surface area (Å²) in [6, 6.07) is 6.38. The average molecular weight is 257 g/mol. The SMILES string of the molecule is OC1CCCCC1Nc1ccc(OC(F)F)cc1. The lowest BCUT2D eigenvalue weighted by Crippen LogP contribution is -2.36. The molecule has 0 heterocycles. The first-order valence-electron chi connectivity index (χ1n) is 6.14. The van der Waals surface area contributed by atoms with E-state index in [0.29, 0.717) is 0 Å². The zero-order chi connectivity index (χ0) is 13.0. The van der Waals surface area contributed by atoms with E-state index in [-0.39, 0.29) is 17.9 Å². The van der Waals surface area contributed by atoms with Crippen molar-refractivity contribution < 1.29 is 18.6 Å². The maximum atomic E-state index is 12.0. The number of benzene rings is 1. The van der Waals surface area contributed by atoms with Crippen LogP contribution in [0.1, 0.15) is 25.7 Å². The number of hydrogen-bond donors (Lipinski definition) is 2. The first kappa shape index (κ1) is 13.1. The second-order valence-electron chi connectivity index (χ2n) is 4.51. The van der Waals surface area contributed by atoms with E-state index in [9.17, 15) is 13.9 Å². The van der Waals surface area contributed by atoms with Gasteiger partial charge >= 0.3 is 6.61 Å². The van der Waals surface area contributed by atoms with Gasteiger partial charge in [-0.25, -0.2) is 0 Å². The number of nitrogens with one attached hydrogen (secondary N) is 1. The summed E-state index contributed by atoms with van der Waals surface area (Å²) in [5.74, 6) is 0.139. The van der Waals surface area contributed by atoms with Crippen LogP contribution in [0.3, 0.4) is 0 Å². The second kappa shape index (κ2) is 6.00. The summed E-state index contributed by atoms with van der Waals surface area (Å²) in [6.07, 6.45) is 3.55. The van der Waals surface area contributed by atoms with Gasteiger partial charge in [-0.3, -0.25) is 0 Å². The third kappa shape index (κ3) is 3.57. The van der Waals surface area contributed by atoms with Crippen LogP contribution in [0.25, 0.3) is 0 Å². The summed E-state index contributed by atoms with van der Waals surface area (Å²) in [5, 5.41) is 13.0. The van der Waals surface area contributed by atoms with Gasteiger partial charge < -0.3 is 15.2 Å². The van der Waals surface area contributed by atoms with Gasteiger partial charge in [-0.15, -0.1) is 0 Å². The number of aliphatic hydroxyl groups is 1. The van der Waals surface area contributed by atoms with Gasteiger partial charge in [0.25, 0.3) is 0 Å². The van der Waals surface area contributed by atoms with Gasteiger partial charge in [0.05, 0.1) is 12.1 Å². The van der Waals surface area contributed by atoms with E-state index in [1.165, 1.54) is 12.1 Å². The van der Waals surface area contributed by atoms with E-state index in [4.69, 9.17) is 0 Å². The van der Waals surface area contributed by atoms with E-state index in [1.807, 2.05) is 0 Å². The minimum absolute atomic E-state index is 0.0422. The number of ether oxygens (including phenoxy) is 1. The quantitative estimate of drug-likeness (QED) is 0.871. The summed E-state index contributed by atoms with van der Waals surface area (Å²) >= 11 is 0. The van der Waals surface area contributed by atoms with E-state index in [1.54, 1.807) is 12.1 Å². The lowest BCUT2D eigenvalue weighted by Gasteiger charge is -2.29. The van der Waals surface area contributed by atoms with Crippen LogP contribution in [0.2, 0.25) is 0 Å². The Labute approximate surface area is 105 Å². The molecular weight excluding hydrogens is 240 g/mol. The minimum atomic E-state index is -2.80. The number of anilines is 1. The number of hydrogen-bond acceptors (Lipinski definition) is 3. The number of aliphatic hydroxyl groups excluding tert-OH is 1. The first-order chi connectivity index (χ1) is 8.65. The van der Waals surface area contributed by atoms with Crippen LogP contribution >= 0.6 is 0 Å². The number of rotatable bonds is 4. The zero-order valence-electron chi connectivity index (χ0n) is 9.98. The van der Waals surface area contributed by atoms with E-state index < -0.39 is 6.61 Å². The molecule has 2 N–H and O–H groups in total. The van der Waals surface area contributed by atoms with Gasteiger partial charge in [-0.05, 0) is 37.1 Å². The highest BCUT2D eigenvalue weighted by molar-refractivity contribution is 5.47. The van der Waals surface area contributed by atoms with Crippen LogP contribution in [-0.4, -0.2) is 23.9 Å². The molecule has 5 heteroatoms. The third-order valence-corrected chi connectivity index (χ3v) is 3.16. The van der Waals surface area contributed by atoms with Crippen molar-refractivity contribution in [3.63, 3.8) is 0 Å². The topological polar surface area (TPSA) is 41.5 Å². The fourth-order valence-corrected chi connectivity index (χ4v) is 2.23. The summed E-state index contributed by atoms with van der Waals surface area (Å²) in [5.41, 5.74) is 0.808. The predicted molar refractivity (Wildman–Crippen MR) is 65.0 cm³/mol. The van der Waals surface area contributed by atoms with Gasteiger partial charge in [0.1, 0.15) is 5.75 Å². The molecule has 1 aliphatic rings. The zero-order valence-corrected chi connectivity index (χ0v) is 9.98. The highest BCUT2D eigenvalue weighted by Gasteiger charge is 2.22. The molecular formula is C13H17F2NO2. The number of halogens is 2. The van der Waals surface area contributed by atoms with Crippen LogP contribution in [0, 0.1) is 0 Å². The van der Waals surface area contributed by atoms with Crippen molar-refractivity contribution >= 4 is 5.69 Å². The van der Waals surface area contributed by atoms with Crippen molar-refractivity contribution in [2.24, 2.45) is 0 Å². The molecule has 18 heavy (non-hydrogen) atoms. The lowest BCUT2D eigenvalue weighted by molar-refractivity contribution is -0.0498. The van der Waals surface area contributed by atoms with Crippen molar-refractivity contribution in [1.29, 1.82) is 0 Å². The number of alkyl halides is 2. The van der Waals surface area contributed by atoms with Crippen molar-refractivity contribution in [2.75, 3.05) is 5.32 Å². The molecule has 0 saturated heterocycles. The summed E-state index contributed by atoms with van der Waals surface area (Å²) < 4.78 is 28.2. The summed E-state index contributed by atoms with van der Waals surface area (Å²) in [7, 11) is 0. The molecule has 1 aliphatic carbocycles. The maximum absolute atomic E-state index is 12.0. The van der Waals surface area contributed by atoms with Gasteiger partial charge in [0.15, 0.2) is 0 Å². The van der Waals surface area contributed by atoms with Crippen LogP contribution in [-0.2, 0) is 0 Å². The Morgan fingerprint density at radius 3 is 2.44 bits per heavy atom. The maximum Gasteiger partial charge on any atom is 0.387 e. The lowest BCUT2D eigenvalue weighted by atomic mass is 9.92. The molecule has 1 saturated carbocycles. The van der Waals surface area contributed by atoms with Crippen molar-refractivity contribution in [3.8, 4) is 5.75 Å². The van der Waals surface area contributed by atoms with Crippen molar-refractivity contribution in [1.82, 2.24) is 0 Å². The van der Waals surface area contributed by atoms with E-state index in [2.05, 4.69) is 10.1 Å². The molecule has 0 aliphatic heterocycles. The molecule has 1 aromatic carbocycles. The molecule has 3 nitrogen and oxygen atoms in total. The molecule has 2 unspecified atom stereocenters. The van der Waals surface area contributed by atoms with Crippen molar-refractivity contribution in [2.45, 2.75) is 44.4 Å². The predicted octanol–water partition coefficient (Wildman–Crippen LogP) is 3.00. The normalized spacial score (nSPS) is 24.0. The van der Waals surface area contributed by atoms with Crippen LogP contribution in [0.15, 0.2) is 24.3 Å². The molecule has 2 atom stereocenters. The molecule has 1 fully saturated rings. The summed E-state index contributed by atoms with van der Waals surface area (Å²) in [6.45, 7) is -2.80. The Bertz CT molecular complexity index is 370. The van der Waals surface area contributed by atoms with Crippen LogP contribution in [0.5, 0.6) is 5.75 Å². The molecule has 0 amide bonds. The molecule has 100 valence electrons. The summed E-state index contributed by atoms with van der Waals surface area (Å²) in [4.78, 5) is 0. The minimum Gasteiger partial charge on any atom is -0.435 e. The van der Waals surface area contributed by atoms with Crippen LogP contribution < -0.4 is 10.1 Å². The smallest absolute Gasteiger partial charge is 0.387 e. The van der Waals surface area contributed by atoms with Gasteiger partial charge in [-0.1, -0.05) is 12.8 Å². The standard InChI is InChI=1S/C13H17F2NO2/c14-13(15)18-10-7-5-9(6-8-10)16-11-3-1-2-4-12(11)17/h5-8,11-13,16-17H,1-4H2. The molecule has 0 aromatic heterocycles. The third-order valence-electron chi connectivity index (χ3n) is 3.16. The molecule has 0 bridgehead atoms. The molecule has 2 rings (SSSR count). The van der Waals surface area contributed by atoms with E-state index >= 15 is 0 Å². The highest BCUT2D eigenvalue weighted by Crippen LogP contribution is 2.24. The van der Waals surface area contributed by atoms with Gasteiger partial charge in [-0.2, -0.15) is 8.78 Å². The fourth-order valence-electron chi connectivity index (χ4n) is 2.23. The Morgan fingerprint density at radius 2 is 1.83 bits per heavy atom. The fraction of sp³-hybridized carbons (Fsp3) is 0.538. The monoisotopic (exact) mass is 257 g/mol.